The largest absolute Gasteiger partial charge is 0.357 e. The highest BCUT2D eigenvalue weighted by atomic mass is 32.1. The van der Waals surface area contributed by atoms with Gasteiger partial charge >= 0.3 is 0 Å². The average Bonchev–Trinajstić information content (AvgIpc) is 2.99. The molecule has 4 nitrogen and oxygen atoms in total. The lowest BCUT2D eigenvalue weighted by Crippen LogP contribution is -2.24. The summed E-state index contributed by atoms with van der Waals surface area (Å²) in [5.74, 6) is 1.82. The fourth-order valence-corrected chi connectivity index (χ4v) is 3.74. The minimum atomic E-state index is 0.376. The van der Waals surface area contributed by atoms with Crippen molar-refractivity contribution >= 4 is 33.3 Å². The van der Waals surface area contributed by atoms with Gasteiger partial charge in [-0.05, 0) is 24.3 Å². The fraction of sp³-hybridized carbons (Fsp3) is 0.600. The number of hydrogen-bond donors (Lipinski definition) is 1. The number of anilines is 2. The second-order valence-electron chi connectivity index (χ2n) is 6.24. The van der Waals surface area contributed by atoms with Gasteiger partial charge < -0.3 is 10.2 Å². The second-order valence-corrected chi connectivity index (χ2v) is 7.36. The first-order chi connectivity index (χ1) is 9.52. The molecule has 0 saturated carbocycles. The molecule has 1 N–H and O–H groups in total. The highest BCUT2D eigenvalue weighted by Gasteiger charge is 2.31. The lowest BCUT2D eigenvalue weighted by molar-refractivity contribution is 0.418. The lowest BCUT2D eigenvalue weighted by Gasteiger charge is -2.21. The van der Waals surface area contributed by atoms with Crippen molar-refractivity contribution in [1.29, 1.82) is 0 Å². The molecular weight excluding hydrogens is 268 g/mol. The number of thiophene rings is 1. The van der Waals surface area contributed by atoms with Gasteiger partial charge in [0.15, 0.2) is 0 Å². The van der Waals surface area contributed by atoms with E-state index in [0.29, 0.717) is 5.41 Å². The number of fused-ring (bicyclic) bond motifs is 1. The van der Waals surface area contributed by atoms with Gasteiger partial charge in [-0.1, -0.05) is 20.8 Å². The molecule has 0 atom stereocenters. The molecule has 5 heteroatoms. The van der Waals surface area contributed by atoms with Crippen LogP contribution in [0.25, 0.3) is 10.2 Å². The average molecular weight is 290 g/mol. The Morgan fingerprint density at radius 2 is 2.20 bits per heavy atom. The van der Waals surface area contributed by atoms with Crippen molar-refractivity contribution in [3.8, 4) is 0 Å². The lowest BCUT2D eigenvalue weighted by atomic mass is 9.93. The van der Waals surface area contributed by atoms with Crippen molar-refractivity contribution < 1.29 is 0 Å². The van der Waals surface area contributed by atoms with Crippen LogP contribution in [0.2, 0.25) is 0 Å². The molecule has 1 aliphatic heterocycles. The standard InChI is InChI=1S/C15H22N4S/c1-5-10-8-11-12(19-7-6-15(2,3)9-19)17-14(16-4)18-13(11)20-10/h8H,5-7,9H2,1-4H3,(H,16,17,18). The Morgan fingerprint density at radius 3 is 2.80 bits per heavy atom. The Kier molecular flexibility index (Phi) is 3.32. The summed E-state index contributed by atoms with van der Waals surface area (Å²) in [5.41, 5.74) is 0.376. The van der Waals surface area contributed by atoms with Crippen LogP contribution < -0.4 is 10.2 Å². The zero-order valence-corrected chi connectivity index (χ0v) is 13.5. The summed E-state index contributed by atoms with van der Waals surface area (Å²) in [6.07, 6.45) is 2.28. The van der Waals surface area contributed by atoms with Crippen molar-refractivity contribution in [2.24, 2.45) is 5.41 Å². The highest BCUT2D eigenvalue weighted by Crippen LogP contribution is 2.37. The maximum Gasteiger partial charge on any atom is 0.225 e. The van der Waals surface area contributed by atoms with Gasteiger partial charge in [-0.25, -0.2) is 4.98 Å². The molecule has 2 aromatic rings. The summed E-state index contributed by atoms with van der Waals surface area (Å²) in [4.78, 5) is 14.2. The van der Waals surface area contributed by atoms with E-state index in [9.17, 15) is 0 Å². The molecule has 1 saturated heterocycles. The second kappa shape index (κ2) is 4.88. The molecule has 20 heavy (non-hydrogen) atoms. The Balaban J connectivity index is 2.10. The molecule has 108 valence electrons. The molecule has 0 unspecified atom stereocenters. The van der Waals surface area contributed by atoms with Crippen LogP contribution in [-0.4, -0.2) is 30.1 Å². The van der Waals surface area contributed by atoms with E-state index in [-0.39, 0.29) is 0 Å². The topological polar surface area (TPSA) is 41.1 Å². The molecule has 2 aromatic heterocycles. The summed E-state index contributed by atoms with van der Waals surface area (Å²) in [6, 6.07) is 2.26. The van der Waals surface area contributed by atoms with Gasteiger partial charge in [0.05, 0.1) is 5.39 Å². The van der Waals surface area contributed by atoms with Crippen LogP contribution in [0.15, 0.2) is 6.07 Å². The number of aromatic nitrogens is 2. The van der Waals surface area contributed by atoms with E-state index in [2.05, 4.69) is 42.0 Å². The summed E-state index contributed by atoms with van der Waals surface area (Å²) in [7, 11) is 1.88. The third-order valence-electron chi connectivity index (χ3n) is 3.97. The monoisotopic (exact) mass is 290 g/mol. The first kappa shape index (κ1) is 13.6. The van der Waals surface area contributed by atoms with E-state index in [1.807, 2.05) is 7.05 Å². The zero-order valence-electron chi connectivity index (χ0n) is 12.7. The Morgan fingerprint density at radius 1 is 1.40 bits per heavy atom. The van der Waals surface area contributed by atoms with Gasteiger partial charge in [0.1, 0.15) is 10.6 Å². The van der Waals surface area contributed by atoms with Crippen LogP contribution in [0.3, 0.4) is 0 Å². The molecule has 0 bridgehead atoms. The van der Waals surface area contributed by atoms with Crippen LogP contribution in [0.1, 0.15) is 32.1 Å². The number of nitrogens with one attached hydrogen (secondary N) is 1. The highest BCUT2D eigenvalue weighted by molar-refractivity contribution is 7.18. The van der Waals surface area contributed by atoms with Crippen molar-refractivity contribution in [3.63, 3.8) is 0 Å². The quantitative estimate of drug-likeness (QED) is 0.939. The third kappa shape index (κ3) is 2.35. The molecule has 0 radical (unpaired) electrons. The van der Waals surface area contributed by atoms with E-state index in [1.165, 1.54) is 16.7 Å². The zero-order chi connectivity index (χ0) is 14.3. The maximum atomic E-state index is 4.72. The minimum Gasteiger partial charge on any atom is -0.357 e. The van der Waals surface area contributed by atoms with Gasteiger partial charge in [-0.3, -0.25) is 0 Å². The molecule has 0 spiro atoms. The SMILES string of the molecule is CCc1cc2c(N3CCC(C)(C)C3)nc(NC)nc2s1. The van der Waals surface area contributed by atoms with Gasteiger partial charge in [-0.15, -0.1) is 11.3 Å². The first-order valence-corrected chi connectivity index (χ1v) is 8.07. The Hall–Kier alpha value is -1.36. The first-order valence-electron chi connectivity index (χ1n) is 7.25. The van der Waals surface area contributed by atoms with E-state index >= 15 is 0 Å². The number of aryl methyl sites for hydroxylation is 1. The van der Waals surface area contributed by atoms with Crippen LogP contribution in [0, 0.1) is 5.41 Å². The Labute approximate surface area is 124 Å². The van der Waals surface area contributed by atoms with E-state index in [4.69, 9.17) is 4.98 Å². The van der Waals surface area contributed by atoms with Gasteiger partial charge in [0.25, 0.3) is 0 Å². The minimum absolute atomic E-state index is 0.376. The van der Waals surface area contributed by atoms with Crippen LogP contribution in [-0.2, 0) is 6.42 Å². The molecular formula is C15H22N4S. The molecule has 1 aliphatic rings. The van der Waals surface area contributed by atoms with Gasteiger partial charge in [0, 0.05) is 25.0 Å². The number of rotatable bonds is 3. The van der Waals surface area contributed by atoms with Gasteiger partial charge in [-0.2, -0.15) is 4.98 Å². The van der Waals surface area contributed by atoms with Crippen molar-refractivity contribution in [3.05, 3.63) is 10.9 Å². The predicted octanol–water partition coefficient (Wildman–Crippen LogP) is 3.53. The van der Waals surface area contributed by atoms with Crippen molar-refractivity contribution in [2.75, 3.05) is 30.4 Å². The van der Waals surface area contributed by atoms with Crippen LogP contribution in [0.5, 0.6) is 0 Å². The molecule has 0 aromatic carbocycles. The van der Waals surface area contributed by atoms with Crippen LogP contribution >= 0.6 is 11.3 Å². The van der Waals surface area contributed by atoms with Crippen LogP contribution in [0.4, 0.5) is 11.8 Å². The molecule has 1 fully saturated rings. The molecule has 0 amide bonds. The van der Waals surface area contributed by atoms with E-state index in [1.54, 1.807) is 11.3 Å². The van der Waals surface area contributed by atoms with E-state index < -0.39 is 0 Å². The fourth-order valence-electron chi connectivity index (χ4n) is 2.78. The smallest absolute Gasteiger partial charge is 0.225 e. The summed E-state index contributed by atoms with van der Waals surface area (Å²) in [6.45, 7) is 9.00. The number of nitrogens with zero attached hydrogens (tertiary/aromatic N) is 3. The number of hydrogen-bond acceptors (Lipinski definition) is 5. The van der Waals surface area contributed by atoms with Gasteiger partial charge in [0.2, 0.25) is 5.95 Å². The van der Waals surface area contributed by atoms with Crippen molar-refractivity contribution in [2.45, 2.75) is 33.6 Å². The normalized spacial score (nSPS) is 17.9. The Bertz CT molecular complexity index is 632. The summed E-state index contributed by atoms with van der Waals surface area (Å²) < 4.78 is 0. The van der Waals surface area contributed by atoms with Crippen molar-refractivity contribution in [1.82, 2.24) is 9.97 Å². The third-order valence-corrected chi connectivity index (χ3v) is 5.15. The summed E-state index contributed by atoms with van der Waals surface area (Å²) >= 11 is 1.78. The molecule has 0 aliphatic carbocycles. The molecule has 3 heterocycles. The predicted molar refractivity (Wildman–Crippen MR) is 87.0 cm³/mol. The van der Waals surface area contributed by atoms with E-state index in [0.717, 1.165) is 36.1 Å². The summed E-state index contributed by atoms with van der Waals surface area (Å²) in [5, 5.41) is 4.30. The maximum absolute atomic E-state index is 4.72. The molecule has 3 rings (SSSR count).